The number of rotatable bonds is 4. The second kappa shape index (κ2) is 5.28. The third-order valence-corrected chi connectivity index (χ3v) is 3.72. The highest BCUT2D eigenvalue weighted by molar-refractivity contribution is 5.31. The molecule has 1 aromatic rings. The van der Waals surface area contributed by atoms with E-state index < -0.39 is 5.60 Å². The number of ether oxygens (including phenoxy) is 1. The molecule has 1 aliphatic rings. The summed E-state index contributed by atoms with van der Waals surface area (Å²) in [6.07, 6.45) is 4.17. The number of hydrogen-bond acceptors (Lipinski definition) is 4. The highest BCUT2D eigenvalue weighted by atomic mass is 16.5. The van der Waals surface area contributed by atoms with Crippen LogP contribution >= 0.6 is 0 Å². The van der Waals surface area contributed by atoms with Crippen molar-refractivity contribution < 1.29 is 9.84 Å². The molecule has 0 aliphatic carbocycles. The Balaban J connectivity index is 2.32. The summed E-state index contributed by atoms with van der Waals surface area (Å²) in [6, 6.07) is 0. The van der Waals surface area contributed by atoms with Crippen molar-refractivity contribution in [2.75, 3.05) is 27.2 Å². The number of aromatic nitrogens is 2. The van der Waals surface area contributed by atoms with Crippen LogP contribution < -0.4 is 4.74 Å². The maximum Gasteiger partial charge on any atom is 0.162 e. The van der Waals surface area contributed by atoms with Crippen molar-refractivity contribution >= 4 is 0 Å². The number of nitrogens with zero attached hydrogens (tertiary/aromatic N) is 3. The van der Waals surface area contributed by atoms with E-state index in [0.717, 1.165) is 44.6 Å². The van der Waals surface area contributed by atoms with Crippen LogP contribution in [-0.2, 0) is 12.1 Å². The van der Waals surface area contributed by atoms with Gasteiger partial charge in [-0.3, -0.25) is 4.68 Å². The van der Waals surface area contributed by atoms with E-state index >= 15 is 0 Å². The van der Waals surface area contributed by atoms with Crippen LogP contribution in [-0.4, -0.2) is 47.0 Å². The third kappa shape index (κ3) is 2.37. The average molecular weight is 253 g/mol. The van der Waals surface area contributed by atoms with Gasteiger partial charge >= 0.3 is 0 Å². The fourth-order valence-electron chi connectivity index (χ4n) is 2.59. The van der Waals surface area contributed by atoms with E-state index in [4.69, 9.17) is 4.74 Å². The van der Waals surface area contributed by atoms with Crippen molar-refractivity contribution in [2.24, 2.45) is 0 Å². The Kier molecular flexibility index (Phi) is 3.92. The Labute approximate surface area is 108 Å². The lowest BCUT2D eigenvalue weighted by molar-refractivity contribution is -0.0291. The van der Waals surface area contributed by atoms with Crippen LogP contribution in [0.3, 0.4) is 0 Å². The van der Waals surface area contributed by atoms with Gasteiger partial charge in [0.1, 0.15) is 11.3 Å². The quantitative estimate of drug-likeness (QED) is 0.876. The number of aryl methyl sites for hydroxylation is 1. The first-order chi connectivity index (χ1) is 8.60. The van der Waals surface area contributed by atoms with Crippen molar-refractivity contribution in [1.29, 1.82) is 0 Å². The molecule has 18 heavy (non-hydrogen) atoms. The van der Waals surface area contributed by atoms with E-state index in [0.29, 0.717) is 5.75 Å². The van der Waals surface area contributed by atoms with Crippen molar-refractivity contribution in [3.05, 3.63) is 11.9 Å². The van der Waals surface area contributed by atoms with E-state index in [1.807, 2.05) is 4.68 Å². The van der Waals surface area contributed by atoms with Crippen LogP contribution in [0.2, 0.25) is 0 Å². The van der Waals surface area contributed by atoms with E-state index in [9.17, 15) is 5.11 Å². The maximum atomic E-state index is 10.9. The lowest BCUT2D eigenvalue weighted by atomic mass is 9.87. The van der Waals surface area contributed by atoms with Gasteiger partial charge in [-0.2, -0.15) is 5.10 Å². The Morgan fingerprint density at radius 1 is 1.44 bits per heavy atom. The zero-order valence-electron chi connectivity index (χ0n) is 11.5. The molecule has 2 rings (SSSR count). The van der Waals surface area contributed by atoms with Crippen molar-refractivity contribution in [3.8, 4) is 5.75 Å². The van der Waals surface area contributed by atoms with E-state index in [1.54, 1.807) is 13.3 Å². The van der Waals surface area contributed by atoms with Crippen molar-refractivity contribution in [3.63, 3.8) is 0 Å². The van der Waals surface area contributed by atoms with Gasteiger partial charge in [-0.1, -0.05) is 6.92 Å². The first-order valence-electron chi connectivity index (χ1n) is 6.62. The van der Waals surface area contributed by atoms with E-state index in [1.165, 1.54) is 0 Å². The minimum atomic E-state index is -0.802. The molecule has 0 radical (unpaired) electrons. The highest BCUT2D eigenvalue weighted by Crippen LogP contribution is 2.37. The second-order valence-electron chi connectivity index (χ2n) is 5.12. The molecule has 1 aromatic heterocycles. The summed E-state index contributed by atoms with van der Waals surface area (Å²) in [6.45, 7) is 4.72. The number of methoxy groups -OCH3 is 1. The van der Waals surface area contributed by atoms with Crippen LogP contribution in [0, 0.1) is 0 Å². The predicted octanol–water partition coefficient (Wildman–Crippen LogP) is 1.21. The molecule has 1 saturated heterocycles. The first kappa shape index (κ1) is 13.4. The topological polar surface area (TPSA) is 50.5 Å². The normalized spacial score (nSPS) is 20.0. The van der Waals surface area contributed by atoms with E-state index in [-0.39, 0.29) is 0 Å². The average Bonchev–Trinajstić information content (AvgIpc) is 2.77. The molecule has 1 aliphatic heterocycles. The molecule has 0 atom stereocenters. The summed E-state index contributed by atoms with van der Waals surface area (Å²) in [5.41, 5.74) is 0.0451. The summed E-state index contributed by atoms with van der Waals surface area (Å²) < 4.78 is 7.25. The molecule has 0 bridgehead atoms. The summed E-state index contributed by atoms with van der Waals surface area (Å²) in [7, 11) is 3.72. The number of piperidine rings is 1. The van der Waals surface area contributed by atoms with Crippen molar-refractivity contribution in [2.45, 2.75) is 38.3 Å². The summed E-state index contributed by atoms with van der Waals surface area (Å²) in [4.78, 5) is 2.24. The van der Waals surface area contributed by atoms with Crippen LogP contribution in [0.5, 0.6) is 5.75 Å². The molecule has 0 amide bonds. The predicted molar refractivity (Wildman–Crippen MR) is 69.7 cm³/mol. The molecule has 1 fully saturated rings. The molecule has 0 saturated carbocycles. The van der Waals surface area contributed by atoms with Gasteiger partial charge in [-0.05, 0) is 26.3 Å². The van der Waals surface area contributed by atoms with Gasteiger partial charge in [0.2, 0.25) is 0 Å². The summed E-state index contributed by atoms with van der Waals surface area (Å²) in [5.74, 6) is 0.704. The minimum absolute atomic E-state index is 0.704. The standard InChI is InChI=1S/C13H23N3O2/c1-4-7-16-12(11(18-3)10-14-16)13(17)5-8-15(2)9-6-13/h10,17H,4-9H2,1-3H3. The Morgan fingerprint density at radius 2 is 2.11 bits per heavy atom. The van der Waals surface area contributed by atoms with Gasteiger partial charge < -0.3 is 14.7 Å². The fourth-order valence-corrected chi connectivity index (χ4v) is 2.59. The molecular formula is C13H23N3O2. The lowest BCUT2D eigenvalue weighted by Crippen LogP contribution is -2.42. The van der Waals surface area contributed by atoms with Crippen molar-refractivity contribution in [1.82, 2.24) is 14.7 Å². The molecule has 5 nitrogen and oxygen atoms in total. The third-order valence-electron chi connectivity index (χ3n) is 3.72. The van der Waals surface area contributed by atoms with E-state index in [2.05, 4.69) is 24.0 Å². The van der Waals surface area contributed by atoms with Gasteiger partial charge in [0.15, 0.2) is 5.75 Å². The maximum absolute atomic E-state index is 10.9. The fraction of sp³-hybridized carbons (Fsp3) is 0.769. The Hall–Kier alpha value is -1.07. The molecule has 1 N–H and O–H groups in total. The molecule has 102 valence electrons. The zero-order valence-corrected chi connectivity index (χ0v) is 11.5. The smallest absolute Gasteiger partial charge is 0.162 e. The number of hydrogen-bond donors (Lipinski definition) is 1. The molecular weight excluding hydrogens is 230 g/mol. The molecule has 0 aromatic carbocycles. The van der Waals surface area contributed by atoms with Gasteiger partial charge in [-0.15, -0.1) is 0 Å². The molecule has 0 unspecified atom stereocenters. The van der Waals surface area contributed by atoms with Crippen LogP contribution in [0.4, 0.5) is 0 Å². The van der Waals surface area contributed by atoms with Gasteiger partial charge in [0, 0.05) is 19.6 Å². The second-order valence-corrected chi connectivity index (χ2v) is 5.12. The van der Waals surface area contributed by atoms with Gasteiger partial charge in [-0.25, -0.2) is 0 Å². The highest BCUT2D eigenvalue weighted by Gasteiger charge is 2.38. The molecule has 2 heterocycles. The molecule has 5 heteroatoms. The van der Waals surface area contributed by atoms with Gasteiger partial charge in [0.25, 0.3) is 0 Å². The Bertz CT molecular complexity index is 395. The van der Waals surface area contributed by atoms with Crippen LogP contribution in [0.25, 0.3) is 0 Å². The molecule has 0 spiro atoms. The van der Waals surface area contributed by atoms with Gasteiger partial charge in [0.05, 0.1) is 13.3 Å². The largest absolute Gasteiger partial charge is 0.493 e. The summed E-state index contributed by atoms with van der Waals surface area (Å²) in [5, 5.41) is 15.2. The zero-order chi connectivity index (χ0) is 13.2. The first-order valence-corrected chi connectivity index (χ1v) is 6.62. The SMILES string of the molecule is CCCn1ncc(OC)c1C1(O)CCN(C)CC1. The number of aliphatic hydroxyl groups is 1. The summed E-state index contributed by atoms with van der Waals surface area (Å²) >= 11 is 0. The number of likely N-dealkylation sites (tertiary alicyclic amines) is 1. The monoisotopic (exact) mass is 253 g/mol. The van der Waals surface area contributed by atoms with Crippen LogP contribution in [0.1, 0.15) is 31.9 Å². The minimum Gasteiger partial charge on any atom is -0.493 e. The van der Waals surface area contributed by atoms with Crippen LogP contribution in [0.15, 0.2) is 6.20 Å². The Morgan fingerprint density at radius 3 is 2.67 bits per heavy atom. The lowest BCUT2D eigenvalue weighted by Gasteiger charge is -2.37.